The van der Waals surface area contributed by atoms with E-state index in [0.717, 1.165) is 42.4 Å². The number of aliphatic hydroxyl groups excluding tert-OH is 3. The zero-order chi connectivity index (χ0) is 30.7. The van der Waals surface area contributed by atoms with E-state index in [-0.39, 0.29) is 43.5 Å². The highest BCUT2D eigenvalue weighted by atomic mass is 16.5. The van der Waals surface area contributed by atoms with Crippen LogP contribution in [0.5, 0.6) is 0 Å². The van der Waals surface area contributed by atoms with Crippen molar-refractivity contribution < 1.29 is 29.6 Å². The Morgan fingerprint density at radius 2 is 1.26 bits per heavy atom. The zero-order valence-corrected chi connectivity index (χ0v) is 26.7. The van der Waals surface area contributed by atoms with Crippen molar-refractivity contribution in [2.75, 3.05) is 26.4 Å². The van der Waals surface area contributed by atoms with Gasteiger partial charge < -0.3 is 20.1 Å². The van der Waals surface area contributed by atoms with E-state index >= 15 is 0 Å². The molecule has 3 aliphatic carbocycles. The van der Waals surface area contributed by atoms with Gasteiger partial charge in [-0.15, -0.1) is 0 Å². The third-order valence-corrected chi connectivity index (χ3v) is 10.7. The number of rotatable bonds is 16. The summed E-state index contributed by atoms with van der Waals surface area (Å²) in [6, 6.07) is 0. The van der Waals surface area contributed by atoms with Gasteiger partial charge in [0.25, 0.3) is 0 Å². The summed E-state index contributed by atoms with van der Waals surface area (Å²) in [5, 5.41) is 26.9. The molecular weight excluding hydrogens is 528 g/mol. The van der Waals surface area contributed by atoms with Crippen molar-refractivity contribution in [3.8, 4) is 0 Å². The number of carbonyl (C=O) groups excluding carboxylic acids is 2. The van der Waals surface area contributed by atoms with Gasteiger partial charge in [-0.3, -0.25) is 4.79 Å². The van der Waals surface area contributed by atoms with Gasteiger partial charge in [-0.2, -0.15) is 0 Å². The standard InChI is InChI=1S/C32H56O4.C4H6O2/c1-3-4-5-6-25-9-15-28(16-10-25)29-17-11-26(12-18-29)7-8-27-13-19-30(20-14-27)31(22-34)23-36-32(35)24(2)21-33;1-4(2-5)3-6/h25-31,33-34H,2-23H2,1H3;2,6H,1,3H2. The fraction of sp³-hybridized carbons (Fsp3) is 0.833. The Morgan fingerprint density at radius 3 is 1.67 bits per heavy atom. The Labute approximate surface area is 256 Å². The second-order valence-electron chi connectivity index (χ2n) is 13.7. The summed E-state index contributed by atoms with van der Waals surface area (Å²) in [7, 11) is 0. The van der Waals surface area contributed by atoms with Crippen LogP contribution in [0.25, 0.3) is 0 Å². The highest BCUT2D eigenvalue weighted by Crippen LogP contribution is 2.44. The van der Waals surface area contributed by atoms with E-state index in [1.165, 1.54) is 103 Å². The summed E-state index contributed by atoms with van der Waals surface area (Å²) in [4.78, 5) is 21.2. The molecule has 0 aromatic heterocycles. The molecule has 0 amide bonds. The highest BCUT2D eigenvalue weighted by Gasteiger charge is 2.32. The topological polar surface area (TPSA) is 104 Å². The Bertz CT molecular complexity index is 770. The van der Waals surface area contributed by atoms with Gasteiger partial charge in [-0.1, -0.05) is 97.1 Å². The van der Waals surface area contributed by atoms with E-state index in [4.69, 9.17) is 14.9 Å². The molecule has 0 aliphatic heterocycles. The lowest BCUT2D eigenvalue weighted by molar-refractivity contribution is -0.142. The van der Waals surface area contributed by atoms with Crippen molar-refractivity contribution >= 4 is 12.3 Å². The average molecular weight is 591 g/mol. The number of aldehydes is 1. The number of esters is 1. The van der Waals surface area contributed by atoms with Crippen molar-refractivity contribution in [1.82, 2.24) is 0 Å². The third kappa shape index (κ3) is 13.4. The first kappa shape index (κ1) is 36.7. The summed E-state index contributed by atoms with van der Waals surface area (Å²) < 4.78 is 5.27. The molecule has 1 unspecified atom stereocenters. The summed E-state index contributed by atoms with van der Waals surface area (Å²) in [6.45, 7) is 8.67. The summed E-state index contributed by atoms with van der Waals surface area (Å²) in [5.41, 5.74) is 0.296. The van der Waals surface area contributed by atoms with Gasteiger partial charge in [0.15, 0.2) is 0 Å². The minimum Gasteiger partial charge on any atom is -0.462 e. The van der Waals surface area contributed by atoms with E-state index in [9.17, 15) is 14.7 Å². The van der Waals surface area contributed by atoms with Gasteiger partial charge in [-0.05, 0) is 74.0 Å². The maximum Gasteiger partial charge on any atom is 0.335 e. The maximum absolute atomic E-state index is 11.8. The van der Waals surface area contributed by atoms with Crippen LogP contribution in [0.15, 0.2) is 24.3 Å². The van der Waals surface area contributed by atoms with Crippen LogP contribution in [-0.2, 0) is 14.3 Å². The number of unbranched alkanes of at least 4 members (excludes halogenated alkanes) is 2. The van der Waals surface area contributed by atoms with Crippen LogP contribution in [-0.4, -0.2) is 54.0 Å². The fourth-order valence-electron chi connectivity index (χ4n) is 7.72. The predicted octanol–water partition coefficient (Wildman–Crippen LogP) is 7.20. The second kappa shape index (κ2) is 21.2. The van der Waals surface area contributed by atoms with Crippen LogP contribution in [0.3, 0.4) is 0 Å². The Balaban J connectivity index is 0.000000928. The van der Waals surface area contributed by atoms with Crippen LogP contribution in [0, 0.1) is 41.4 Å². The number of hydrogen-bond donors (Lipinski definition) is 3. The quantitative estimate of drug-likeness (QED) is 0.0760. The lowest BCUT2D eigenvalue weighted by atomic mass is 9.67. The molecule has 1 atom stereocenters. The first-order chi connectivity index (χ1) is 20.3. The molecule has 0 spiro atoms. The van der Waals surface area contributed by atoms with Gasteiger partial charge >= 0.3 is 5.97 Å². The van der Waals surface area contributed by atoms with E-state index in [2.05, 4.69) is 20.1 Å². The van der Waals surface area contributed by atoms with Crippen LogP contribution in [0.2, 0.25) is 0 Å². The Hall–Kier alpha value is -1.50. The zero-order valence-electron chi connectivity index (χ0n) is 26.7. The molecule has 0 radical (unpaired) electrons. The van der Waals surface area contributed by atoms with E-state index in [0.29, 0.717) is 12.2 Å². The number of ether oxygens (including phenoxy) is 1. The smallest absolute Gasteiger partial charge is 0.335 e. The lowest BCUT2D eigenvalue weighted by Crippen LogP contribution is -2.29. The third-order valence-electron chi connectivity index (χ3n) is 10.7. The van der Waals surface area contributed by atoms with Gasteiger partial charge in [-0.25, -0.2) is 4.79 Å². The second-order valence-corrected chi connectivity index (χ2v) is 13.7. The minimum absolute atomic E-state index is 0.00285. The van der Waals surface area contributed by atoms with Crippen molar-refractivity contribution in [2.24, 2.45) is 41.4 Å². The molecule has 6 nitrogen and oxygen atoms in total. The van der Waals surface area contributed by atoms with Crippen molar-refractivity contribution in [3.63, 3.8) is 0 Å². The lowest BCUT2D eigenvalue weighted by Gasteiger charge is -2.38. The molecule has 0 aromatic carbocycles. The minimum atomic E-state index is -0.547. The first-order valence-electron chi connectivity index (χ1n) is 17.1. The molecule has 3 fully saturated rings. The van der Waals surface area contributed by atoms with Crippen LogP contribution in [0.4, 0.5) is 0 Å². The normalized spacial score (nSPS) is 28.6. The molecule has 42 heavy (non-hydrogen) atoms. The molecule has 3 N–H and O–H groups in total. The van der Waals surface area contributed by atoms with E-state index in [1.54, 1.807) is 0 Å². The van der Waals surface area contributed by atoms with Crippen LogP contribution in [0.1, 0.15) is 122 Å². The van der Waals surface area contributed by atoms with Crippen LogP contribution < -0.4 is 0 Å². The number of carbonyl (C=O) groups is 2. The fourth-order valence-corrected chi connectivity index (χ4v) is 7.72. The average Bonchev–Trinajstić information content (AvgIpc) is 3.04. The predicted molar refractivity (Wildman–Crippen MR) is 170 cm³/mol. The van der Waals surface area contributed by atoms with Gasteiger partial charge in [0.05, 0.1) is 25.4 Å². The molecule has 3 rings (SSSR count). The molecule has 6 heteroatoms. The summed E-state index contributed by atoms with van der Waals surface area (Å²) in [5.74, 6) is 4.76. The van der Waals surface area contributed by atoms with Gasteiger partial charge in [0.1, 0.15) is 6.29 Å². The molecule has 0 saturated heterocycles. The van der Waals surface area contributed by atoms with Crippen molar-refractivity contribution in [3.05, 3.63) is 24.3 Å². The first-order valence-corrected chi connectivity index (χ1v) is 17.1. The molecule has 0 bridgehead atoms. The molecule has 0 heterocycles. The number of aliphatic hydroxyl groups is 3. The Morgan fingerprint density at radius 1 is 0.762 bits per heavy atom. The molecular formula is C36H62O6. The molecule has 3 aliphatic rings. The summed E-state index contributed by atoms with van der Waals surface area (Å²) >= 11 is 0. The highest BCUT2D eigenvalue weighted by molar-refractivity contribution is 5.87. The SMILES string of the molecule is C=C(C=O)CO.C=C(CO)C(=O)OCC(CO)C1CCC(CCC2CCC(C3CCC(CCCCC)CC3)CC2)CC1. The van der Waals surface area contributed by atoms with Gasteiger partial charge in [0, 0.05) is 18.1 Å². The monoisotopic (exact) mass is 590 g/mol. The Kier molecular flexibility index (Phi) is 18.6. The van der Waals surface area contributed by atoms with Crippen LogP contribution >= 0.6 is 0 Å². The van der Waals surface area contributed by atoms with Gasteiger partial charge in [0.2, 0.25) is 0 Å². The van der Waals surface area contributed by atoms with Crippen molar-refractivity contribution in [2.45, 2.75) is 122 Å². The molecule has 3 saturated carbocycles. The van der Waals surface area contributed by atoms with E-state index in [1.807, 2.05) is 0 Å². The molecule has 242 valence electrons. The van der Waals surface area contributed by atoms with E-state index < -0.39 is 5.97 Å². The molecule has 0 aromatic rings. The largest absolute Gasteiger partial charge is 0.462 e. The number of hydrogen-bond acceptors (Lipinski definition) is 6. The summed E-state index contributed by atoms with van der Waals surface area (Å²) in [6.07, 6.45) is 25.7. The maximum atomic E-state index is 11.8. The van der Waals surface area contributed by atoms with Crippen molar-refractivity contribution in [1.29, 1.82) is 0 Å².